The second-order valence-corrected chi connectivity index (χ2v) is 3.78. The summed E-state index contributed by atoms with van der Waals surface area (Å²) in [5.41, 5.74) is 6.21. The number of hydrogen-bond acceptors (Lipinski definition) is 4. The van der Waals surface area contributed by atoms with Crippen LogP contribution in [-0.2, 0) is 6.61 Å². The van der Waals surface area contributed by atoms with Gasteiger partial charge in [-0.05, 0) is 24.6 Å². The summed E-state index contributed by atoms with van der Waals surface area (Å²) < 4.78 is 10.7. The summed E-state index contributed by atoms with van der Waals surface area (Å²) in [6.07, 6.45) is -0.358. The fourth-order valence-electron chi connectivity index (χ4n) is 1.16. The van der Waals surface area contributed by atoms with Gasteiger partial charge in [-0.25, -0.2) is 0 Å². The van der Waals surface area contributed by atoms with Crippen molar-refractivity contribution in [3.05, 3.63) is 23.8 Å². The van der Waals surface area contributed by atoms with E-state index in [2.05, 4.69) is 0 Å². The number of rotatable bonds is 5. The highest BCUT2D eigenvalue weighted by Crippen LogP contribution is 2.28. The lowest BCUT2D eigenvalue weighted by Crippen LogP contribution is -2.29. The average molecular weight is 241 g/mol. The van der Waals surface area contributed by atoms with Crippen molar-refractivity contribution in [2.45, 2.75) is 19.6 Å². The normalized spacial score (nSPS) is 11.9. The quantitative estimate of drug-likeness (QED) is 0.759. The maximum atomic E-state index is 8.98. The van der Waals surface area contributed by atoms with Crippen LogP contribution in [-0.4, -0.2) is 23.3 Å². The summed E-state index contributed by atoms with van der Waals surface area (Å²) in [5, 5.41) is 8.98. The van der Waals surface area contributed by atoms with Gasteiger partial charge in [-0.1, -0.05) is 18.3 Å². The van der Waals surface area contributed by atoms with E-state index in [1.54, 1.807) is 25.1 Å². The number of aliphatic hydroxyl groups excluding tert-OH is 1. The van der Waals surface area contributed by atoms with Gasteiger partial charge in [0.1, 0.15) is 11.1 Å². The van der Waals surface area contributed by atoms with Gasteiger partial charge in [0.2, 0.25) is 0 Å². The first kappa shape index (κ1) is 12.7. The van der Waals surface area contributed by atoms with E-state index < -0.39 is 0 Å². The van der Waals surface area contributed by atoms with Gasteiger partial charge in [0.15, 0.2) is 11.5 Å². The van der Waals surface area contributed by atoms with Crippen LogP contribution < -0.4 is 15.2 Å². The first-order valence-corrected chi connectivity index (χ1v) is 5.23. The lowest BCUT2D eigenvalue weighted by Gasteiger charge is -2.16. The predicted octanol–water partition coefficient (Wildman–Crippen LogP) is 1.24. The van der Waals surface area contributed by atoms with Crippen molar-refractivity contribution in [2.75, 3.05) is 7.11 Å². The highest BCUT2D eigenvalue weighted by Gasteiger charge is 2.11. The van der Waals surface area contributed by atoms with Crippen molar-refractivity contribution < 1.29 is 14.6 Å². The third-order valence-electron chi connectivity index (χ3n) is 2.12. The summed E-state index contributed by atoms with van der Waals surface area (Å²) in [5.74, 6) is 1.11. The van der Waals surface area contributed by atoms with Crippen LogP contribution in [0, 0.1) is 0 Å². The van der Waals surface area contributed by atoms with Crippen LogP contribution in [0.15, 0.2) is 18.2 Å². The van der Waals surface area contributed by atoms with Gasteiger partial charge in [-0.15, -0.1) is 0 Å². The summed E-state index contributed by atoms with van der Waals surface area (Å²) in [4.78, 5) is 0.285. The summed E-state index contributed by atoms with van der Waals surface area (Å²) in [6, 6.07) is 5.19. The maximum absolute atomic E-state index is 8.98. The Hall–Kier alpha value is -1.33. The van der Waals surface area contributed by atoms with Crippen molar-refractivity contribution in [3.63, 3.8) is 0 Å². The summed E-state index contributed by atoms with van der Waals surface area (Å²) in [7, 11) is 1.54. The number of nitrogens with two attached hydrogens (primary N) is 1. The van der Waals surface area contributed by atoms with E-state index in [0.717, 1.165) is 5.56 Å². The third-order valence-corrected chi connectivity index (χ3v) is 2.45. The zero-order valence-electron chi connectivity index (χ0n) is 9.27. The van der Waals surface area contributed by atoms with Crippen molar-refractivity contribution in [1.82, 2.24) is 0 Å². The van der Waals surface area contributed by atoms with Crippen molar-refractivity contribution in [3.8, 4) is 11.5 Å². The zero-order valence-corrected chi connectivity index (χ0v) is 10.1. The van der Waals surface area contributed by atoms with Crippen LogP contribution in [0.1, 0.15) is 12.5 Å². The molecule has 0 aliphatic carbocycles. The van der Waals surface area contributed by atoms with E-state index in [1.807, 2.05) is 0 Å². The molecule has 0 aliphatic heterocycles. The van der Waals surface area contributed by atoms with Gasteiger partial charge < -0.3 is 20.3 Å². The molecule has 3 N–H and O–H groups in total. The molecule has 16 heavy (non-hydrogen) atoms. The number of methoxy groups -OCH3 is 1. The smallest absolute Gasteiger partial charge is 0.162 e. The number of thiocarbonyl (C=S) groups is 1. The lowest BCUT2D eigenvalue weighted by atomic mass is 10.2. The maximum Gasteiger partial charge on any atom is 0.162 e. The molecule has 0 aliphatic rings. The molecule has 0 amide bonds. The molecule has 0 heterocycles. The van der Waals surface area contributed by atoms with Crippen LogP contribution in [0.3, 0.4) is 0 Å². The van der Waals surface area contributed by atoms with Gasteiger partial charge in [0.05, 0.1) is 13.7 Å². The second-order valence-electron chi connectivity index (χ2n) is 3.31. The molecule has 0 saturated heterocycles. The van der Waals surface area contributed by atoms with Crippen LogP contribution in [0.2, 0.25) is 0 Å². The van der Waals surface area contributed by atoms with Crippen LogP contribution in [0.4, 0.5) is 0 Å². The Morgan fingerprint density at radius 3 is 2.69 bits per heavy atom. The van der Waals surface area contributed by atoms with Gasteiger partial charge >= 0.3 is 0 Å². The van der Waals surface area contributed by atoms with Crippen molar-refractivity contribution >= 4 is 17.2 Å². The molecule has 0 bridgehead atoms. The van der Waals surface area contributed by atoms with Crippen molar-refractivity contribution in [1.29, 1.82) is 0 Å². The number of ether oxygens (including phenoxy) is 2. The minimum absolute atomic E-state index is 0.0402. The molecule has 1 rings (SSSR count). The summed E-state index contributed by atoms with van der Waals surface area (Å²) >= 11 is 4.82. The van der Waals surface area contributed by atoms with E-state index >= 15 is 0 Å². The number of aliphatic hydroxyl groups is 1. The molecule has 1 unspecified atom stereocenters. The van der Waals surface area contributed by atoms with E-state index in [-0.39, 0.29) is 17.7 Å². The zero-order chi connectivity index (χ0) is 12.1. The SMILES string of the molecule is COc1cc(CO)ccc1OC(C)C(N)=S. The molecule has 0 spiro atoms. The fraction of sp³-hybridized carbons (Fsp3) is 0.364. The Balaban J connectivity index is 2.91. The highest BCUT2D eigenvalue weighted by molar-refractivity contribution is 7.80. The largest absolute Gasteiger partial charge is 0.493 e. The van der Waals surface area contributed by atoms with Crippen molar-refractivity contribution in [2.24, 2.45) is 5.73 Å². The van der Waals surface area contributed by atoms with Crippen LogP contribution >= 0.6 is 12.2 Å². The van der Waals surface area contributed by atoms with E-state index in [4.69, 9.17) is 32.5 Å². The topological polar surface area (TPSA) is 64.7 Å². The number of benzene rings is 1. The molecule has 1 aromatic carbocycles. The van der Waals surface area contributed by atoms with Crippen LogP contribution in [0.5, 0.6) is 11.5 Å². The standard InChI is InChI=1S/C11H15NO3S/c1-7(11(12)16)15-9-4-3-8(6-13)5-10(9)14-2/h3-5,7,13H,6H2,1-2H3,(H2,12,16). The predicted molar refractivity (Wildman–Crippen MR) is 65.8 cm³/mol. The van der Waals surface area contributed by atoms with Gasteiger partial charge in [-0.2, -0.15) is 0 Å². The molecule has 0 radical (unpaired) electrons. The minimum Gasteiger partial charge on any atom is -0.493 e. The van der Waals surface area contributed by atoms with Gasteiger partial charge in [0.25, 0.3) is 0 Å². The Labute approximate surface area is 100.0 Å². The summed E-state index contributed by atoms with van der Waals surface area (Å²) in [6.45, 7) is 1.73. The molecule has 1 aromatic rings. The highest BCUT2D eigenvalue weighted by atomic mass is 32.1. The Morgan fingerprint density at radius 1 is 1.50 bits per heavy atom. The second kappa shape index (κ2) is 5.67. The van der Waals surface area contributed by atoms with Gasteiger partial charge in [0, 0.05) is 0 Å². The Morgan fingerprint density at radius 2 is 2.19 bits per heavy atom. The molecule has 4 nitrogen and oxygen atoms in total. The van der Waals surface area contributed by atoms with E-state index in [9.17, 15) is 0 Å². The lowest BCUT2D eigenvalue weighted by molar-refractivity contribution is 0.266. The molecular formula is C11H15NO3S. The first-order chi connectivity index (χ1) is 7.58. The molecule has 0 saturated carbocycles. The Bertz CT molecular complexity index is 381. The molecule has 0 fully saturated rings. The van der Waals surface area contributed by atoms with Gasteiger partial charge in [-0.3, -0.25) is 0 Å². The minimum atomic E-state index is -0.358. The molecule has 88 valence electrons. The molecule has 0 aromatic heterocycles. The van der Waals surface area contributed by atoms with E-state index in [0.29, 0.717) is 11.5 Å². The molecule has 5 heteroatoms. The fourth-order valence-corrected chi connectivity index (χ4v) is 1.20. The molecule has 1 atom stereocenters. The molecular weight excluding hydrogens is 226 g/mol. The van der Waals surface area contributed by atoms with E-state index in [1.165, 1.54) is 7.11 Å². The van der Waals surface area contributed by atoms with Crippen LogP contribution in [0.25, 0.3) is 0 Å². The monoisotopic (exact) mass is 241 g/mol. The first-order valence-electron chi connectivity index (χ1n) is 4.82. The third kappa shape index (κ3) is 3.08. The number of hydrogen-bond donors (Lipinski definition) is 2. The Kier molecular flexibility index (Phi) is 4.52. The average Bonchev–Trinajstić information content (AvgIpc) is 2.29.